The number of carbonyl (C=O) groups excluding carboxylic acids is 1. The van der Waals surface area contributed by atoms with Crippen LogP contribution in [-0.2, 0) is 6.42 Å². The Morgan fingerprint density at radius 2 is 1.77 bits per heavy atom. The fourth-order valence-electron chi connectivity index (χ4n) is 1.63. The van der Waals surface area contributed by atoms with Crippen LogP contribution >= 0.6 is 23.2 Å². The predicted octanol–water partition coefficient (Wildman–Crippen LogP) is 3.51. The molecule has 13 heavy (non-hydrogen) atoms. The number of hydrogen-bond acceptors (Lipinski definition) is 1. The summed E-state index contributed by atoms with van der Waals surface area (Å²) in [6.07, 6.45) is 2.48. The Morgan fingerprint density at radius 3 is 2.54 bits per heavy atom. The van der Waals surface area contributed by atoms with Crippen LogP contribution in [0.4, 0.5) is 0 Å². The minimum Gasteiger partial charge on any atom is -0.294 e. The summed E-state index contributed by atoms with van der Waals surface area (Å²) in [5.74, 6) is 0.180. The predicted molar refractivity (Wildman–Crippen MR) is 53.7 cm³/mol. The molecule has 1 aliphatic carbocycles. The lowest BCUT2D eigenvalue weighted by Crippen LogP contribution is -2.10. The van der Waals surface area contributed by atoms with Crippen LogP contribution in [0.3, 0.4) is 0 Å². The maximum atomic E-state index is 11.4. The van der Waals surface area contributed by atoms with Gasteiger partial charge in [0, 0.05) is 12.0 Å². The Kier molecular flexibility index (Phi) is 2.31. The Bertz CT molecular complexity index is 371. The largest absolute Gasteiger partial charge is 0.294 e. The highest BCUT2D eigenvalue weighted by atomic mass is 35.5. The molecular weight excluding hydrogens is 207 g/mol. The summed E-state index contributed by atoms with van der Waals surface area (Å²) in [6, 6.07) is 3.48. The second kappa shape index (κ2) is 3.32. The third-order valence-electron chi connectivity index (χ3n) is 2.30. The van der Waals surface area contributed by atoms with Gasteiger partial charge in [0.25, 0.3) is 0 Å². The van der Waals surface area contributed by atoms with E-state index in [0.29, 0.717) is 16.5 Å². The van der Waals surface area contributed by atoms with Crippen LogP contribution in [0.15, 0.2) is 12.1 Å². The summed E-state index contributed by atoms with van der Waals surface area (Å²) in [5, 5.41) is 1.01. The summed E-state index contributed by atoms with van der Waals surface area (Å²) in [6.45, 7) is 0. The first kappa shape index (κ1) is 9.04. The molecule has 1 aromatic rings. The average molecular weight is 215 g/mol. The molecule has 0 N–H and O–H groups in total. The van der Waals surface area contributed by atoms with Gasteiger partial charge in [-0.1, -0.05) is 23.2 Å². The van der Waals surface area contributed by atoms with Crippen molar-refractivity contribution in [1.29, 1.82) is 0 Å². The molecule has 1 nitrogen and oxygen atoms in total. The lowest BCUT2D eigenvalue weighted by atomic mass is 9.91. The second-order valence-corrected chi connectivity index (χ2v) is 4.01. The molecule has 0 atom stereocenters. The number of carbonyl (C=O) groups is 1. The van der Waals surface area contributed by atoms with Crippen molar-refractivity contribution in [2.24, 2.45) is 0 Å². The second-order valence-electron chi connectivity index (χ2n) is 3.20. The van der Waals surface area contributed by atoms with E-state index in [-0.39, 0.29) is 5.78 Å². The van der Waals surface area contributed by atoms with Gasteiger partial charge in [0.2, 0.25) is 0 Å². The third kappa shape index (κ3) is 1.59. The van der Waals surface area contributed by atoms with Crippen molar-refractivity contribution in [2.45, 2.75) is 19.3 Å². The first-order valence-electron chi connectivity index (χ1n) is 4.19. The van der Waals surface area contributed by atoms with Crippen LogP contribution in [0.2, 0.25) is 10.0 Å². The zero-order chi connectivity index (χ0) is 9.42. The highest BCUT2D eigenvalue weighted by molar-refractivity contribution is 6.42. The van der Waals surface area contributed by atoms with Gasteiger partial charge in [-0.3, -0.25) is 4.79 Å². The number of rotatable bonds is 0. The minimum absolute atomic E-state index is 0.180. The number of fused-ring (bicyclic) bond motifs is 1. The van der Waals surface area contributed by atoms with Crippen molar-refractivity contribution in [3.8, 4) is 0 Å². The maximum Gasteiger partial charge on any atom is 0.163 e. The molecule has 0 bridgehead atoms. The fourth-order valence-corrected chi connectivity index (χ4v) is 1.98. The topological polar surface area (TPSA) is 17.1 Å². The number of aryl methyl sites for hydroxylation is 1. The van der Waals surface area contributed by atoms with Crippen molar-refractivity contribution in [3.63, 3.8) is 0 Å². The maximum absolute atomic E-state index is 11.4. The molecular formula is C10H8Cl2O. The van der Waals surface area contributed by atoms with Gasteiger partial charge in [0.05, 0.1) is 10.0 Å². The molecule has 0 heterocycles. The van der Waals surface area contributed by atoms with Crippen molar-refractivity contribution < 1.29 is 4.79 Å². The van der Waals surface area contributed by atoms with E-state index in [2.05, 4.69) is 0 Å². The lowest BCUT2D eigenvalue weighted by Gasteiger charge is -2.14. The fraction of sp³-hybridized carbons (Fsp3) is 0.300. The van der Waals surface area contributed by atoms with E-state index in [0.717, 1.165) is 24.0 Å². The highest BCUT2D eigenvalue weighted by Crippen LogP contribution is 2.30. The van der Waals surface area contributed by atoms with E-state index in [4.69, 9.17) is 23.2 Å². The van der Waals surface area contributed by atoms with Crippen LogP contribution in [0.25, 0.3) is 0 Å². The van der Waals surface area contributed by atoms with Gasteiger partial charge in [-0.15, -0.1) is 0 Å². The van der Waals surface area contributed by atoms with E-state index in [1.54, 1.807) is 12.1 Å². The van der Waals surface area contributed by atoms with Crippen molar-refractivity contribution >= 4 is 29.0 Å². The quantitative estimate of drug-likeness (QED) is 0.647. The van der Waals surface area contributed by atoms with Crippen molar-refractivity contribution in [2.75, 3.05) is 0 Å². The van der Waals surface area contributed by atoms with E-state index >= 15 is 0 Å². The molecule has 2 rings (SSSR count). The van der Waals surface area contributed by atoms with Crippen molar-refractivity contribution in [3.05, 3.63) is 33.3 Å². The summed E-state index contributed by atoms with van der Waals surface area (Å²) in [4.78, 5) is 11.4. The molecule has 0 spiro atoms. The van der Waals surface area contributed by atoms with Crippen molar-refractivity contribution in [1.82, 2.24) is 0 Å². The number of ketones is 1. The van der Waals surface area contributed by atoms with Gasteiger partial charge in [0.1, 0.15) is 0 Å². The van der Waals surface area contributed by atoms with Crippen LogP contribution in [0, 0.1) is 0 Å². The van der Waals surface area contributed by atoms with E-state index in [1.807, 2.05) is 0 Å². The number of hydrogen-bond donors (Lipinski definition) is 0. The van der Waals surface area contributed by atoms with Crippen LogP contribution in [-0.4, -0.2) is 5.78 Å². The van der Waals surface area contributed by atoms with Gasteiger partial charge >= 0.3 is 0 Å². The molecule has 0 amide bonds. The van der Waals surface area contributed by atoms with E-state index in [1.165, 1.54) is 0 Å². The molecule has 0 unspecified atom stereocenters. The number of halogens is 2. The molecule has 0 radical (unpaired) electrons. The normalized spacial score (nSPS) is 15.7. The van der Waals surface area contributed by atoms with E-state index < -0.39 is 0 Å². The number of Topliss-reactive ketones (excluding diaryl/α,β-unsaturated/α-hetero) is 1. The molecule has 3 heteroatoms. The summed E-state index contributed by atoms with van der Waals surface area (Å²) < 4.78 is 0. The number of benzene rings is 1. The van der Waals surface area contributed by atoms with Crippen LogP contribution < -0.4 is 0 Å². The van der Waals surface area contributed by atoms with E-state index in [9.17, 15) is 4.79 Å². The first-order chi connectivity index (χ1) is 6.18. The molecule has 0 fully saturated rings. The Hall–Kier alpha value is -0.530. The molecule has 0 saturated heterocycles. The molecule has 0 aromatic heterocycles. The first-order valence-corrected chi connectivity index (χ1v) is 4.95. The van der Waals surface area contributed by atoms with Crippen LogP contribution in [0.5, 0.6) is 0 Å². The third-order valence-corrected chi connectivity index (χ3v) is 3.02. The minimum atomic E-state index is 0.180. The summed E-state index contributed by atoms with van der Waals surface area (Å²) in [7, 11) is 0. The summed E-state index contributed by atoms with van der Waals surface area (Å²) >= 11 is 11.7. The molecule has 1 aliphatic rings. The molecule has 68 valence electrons. The molecule has 0 saturated carbocycles. The van der Waals surface area contributed by atoms with Crippen LogP contribution in [0.1, 0.15) is 28.8 Å². The van der Waals surface area contributed by atoms with Gasteiger partial charge in [0.15, 0.2) is 5.78 Å². The summed E-state index contributed by atoms with van der Waals surface area (Å²) in [5.41, 5.74) is 1.78. The Labute approximate surface area is 86.7 Å². The van der Waals surface area contributed by atoms with Gasteiger partial charge in [-0.25, -0.2) is 0 Å². The monoisotopic (exact) mass is 214 g/mol. The average Bonchev–Trinajstić information content (AvgIpc) is 2.09. The molecule has 1 aromatic carbocycles. The highest BCUT2D eigenvalue weighted by Gasteiger charge is 2.18. The zero-order valence-corrected chi connectivity index (χ0v) is 8.45. The smallest absolute Gasteiger partial charge is 0.163 e. The Morgan fingerprint density at radius 1 is 1.08 bits per heavy atom. The van der Waals surface area contributed by atoms with Gasteiger partial charge in [-0.2, -0.15) is 0 Å². The van der Waals surface area contributed by atoms with Gasteiger partial charge in [-0.05, 0) is 30.5 Å². The van der Waals surface area contributed by atoms with Gasteiger partial charge < -0.3 is 0 Å². The molecule has 0 aliphatic heterocycles. The lowest BCUT2D eigenvalue weighted by molar-refractivity contribution is 0.0972. The standard InChI is InChI=1S/C10H8Cl2O/c11-8-4-6-2-1-3-10(13)7(6)5-9(8)12/h4-5H,1-3H2. The zero-order valence-electron chi connectivity index (χ0n) is 6.94. The SMILES string of the molecule is O=C1CCCc2cc(Cl)c(Cl)cc21. The Balaban J connectivity index is 2.58.